The second kappa shape index (κ2) is 5.49. The van der Waals surface area contributed by atoms with Crippen LogP contribution in [0.15, 0.2) is 18.2 Å². The molecule has 17 heavy (non-hydrogen) atoms. The van der Waals surface area contributed by atoms with Gasteiger partial charge in [0.05, 0.1) is 23.9 Å². The van der Waals surface area contributed by atoms with Gasteiger partial charge in [-0.05, 0) is 18.6 Å². The number of aryl methyl sites for hydroxylation is 1. The molecule has 0 aromatic heterocycles. The van der Waals surface area contributed by atoms with E-state index in [1.54, 1.807) is 6.07 Å². The fourth-order valence-corrected chi connectivity index (χ4v) is 2.00. The zero-order valence-corrected chi connectivity index (χ0v) is 10.4. The van der Waals surface area contributed by atoms with Gasteiger partial charge < -0.3 is 15.4 Å². The molecular weight excluding hydrogens is 240 g/mol. The molecule has 92 valence electrons. The molecule has 1 unspecified atom stereocenters. The molecule has 1 aliphatic heterocycles. The third-order valence-electron chi connectivity index (χ3n) is 2.71. The van der Waals surface area contributed by atoms with Crippen LogP contribution in [0, 0.1) is 6.92 Å². The Morgan fingerprint density at radius 1 is 1.59 bits per heavy atom. The number of nitrogens with one attached hydrogen (secondary N) is 2. The number of anilines is 1. The van der Waals surface area contributed by atoms with Crippen molar-refractivity contribution in [2.75, 3.05) is 25.1 Å². The molecule has 0 saturated carbocycles. The lowest BCUT2D eigenvalue weighted by atomic mass is 10.2. The molecule has 1 saturated heterocycles. The maximum atomic E-state index is 12.0. The number of carbonyl (C=O) groups is 1. The van der Waals surface area contributed by atoms with Crippen molar-refractivity contribution in [1.29, 1.82) is 0 Å². The lowest BCUT2D eigenvalue weighted by Crippen LogP contribution is -2.48. The second-order valence-electron chi connectivity index (χ2n) is 4.00. The molecule has 1 fully saturated rings. The average molecular weight is 255 g/mol. The van der Waals surface area contributed by atoms with Crippen molar-refractivity contribution in [1.82, 2.24) is 5.32 Å². The third-order valence-corrected chi connectivity index (χ3v) is 3.02. The van der Waals surface area contributed by atoms with Gasteiger partial charge in [0.15, 0.2) is 0 Å². The zero-order valence-electron chi connectivity index (χ0n) is 9.63. The summed E-state index contributed by atoms with van der Waals surface area (Å²) in [5.41, 5.74) is 1.62. The summed E-state index contributed by atoms with van der Waals surface area (Å²) in [6, 6.07) is 5.22. The minimum atomic E-state index is -0.306. The topological polar surface area (TPSA) is 50.4 Å². The van der Waals surface area contributed by atoms with Crippen LogP contribution >= 0.6 is 11.6 Å². The summed E-state index contributed by atoms with van der Waals surface area (Å²) in [5.74, 6) is -0.110. The molecule has 1 heterocycles. The van der Waals surface area contributed by atoms with E-state index < -0.39 is 0 Å². The van der Waals surface area contributed by atoms with E-state index >= 15 is 0 Å². The first-order chi connectivity index (χ1) is 8.18. The van der Waals surface area contributed by atoms with Crippen LogP contribution < -0.4 is 10.6 Å². The molecule has 1 aromatic carbocycles. The molecule has 2 N–H and O–H groups in total. The number of halogens is 1. The van der Waals surface area contributed by atoms with Crippen LogP contribution in [0.25, 0.3) is 0 Å². The van der Waals surface area contributed by atoms with E-state index in [0.717, 1.165) is 5.56 Å². The molecule has 1 aliphatic rings. The van der Waals surface area contributed by atoms with Gasteiger partial charge >= 0.3 is 0 Å². The average Bonchev–Trinajstić information content (AvgIpc) is 2.35. The number of carbonyl (C=O) groups excluding carboxylic acids is 1. The number of hydrogen-bond donors (Lipinski definition) is 2. The van der Waals surface area contributed by atoms with E-state index in [1.165, 1.54) is 0 Å². The van der Waals surface area contributed by atoms with Crippen molar-refractivity contribution in [3.63, 3.8) is 0 Å². The van der Waals surface area contributed by atoms with Gasteiger partial charge in [-0.15, -0.1) is 0 Å². The lowest BCUT2D eigenvalue weighted by molar-refractivity contribution is -0.120. The van der Waals surface area contributed by atoms with Gasteiger partial charge in [-0.25, -0.2) is 0 Å². The van der Waals surface area contributed by atoms with Gasteiger partial charge in [0.25, 0.3) is 0 Å². The molecule has 0 radical (unpaired) electrons. The van der Waals surface area contributed by atoms with Crippen molar-refractivity contribution in [3.8, 4) is 0 Å². The number of ether oxygens (including phenoxy) is 1. The number of benzene rings is 1. The normalized spacial score (nSPS) is 20.0. The van der Waals surface area contributed by atoms with E-state index in [1.807, 2.05) is 19.1 Å². The highest BCUT2D eigenvalue weighted by atomic mass is 35.5. The minimum Gasteiger partial charge on any atom is -0.378 e. The smallest absolute Gasteiger partial charge is 0.243 e. The molecule has 1 amide bonds. The molecule has 1 atom stereocenters. The predicted molar refractivity (Wildman–Crippen MR) is 67.4 cm³/mol. The Labute approximate surface area is 105 Å². The summed E-state index contributed by atoms with van der Waals surface area (Å²) < 4.78 is 5.25. The molecule has 4 nitrogen and oxygen atoms in total. The second-order valence-corrected chi connectivity index (χ2v) is 4.41. The summed E-state index contributed by atoms with van der Waals surface area (Å²) in [7, 11) is 0. The lowest BCUT2D eigenvalue weighted by Gasteiger charge is -2.23. The molecule has 2 rings (SSSR count). The first-order valence-corrected chi connectivity index (χ1v) is 5.93. The number of hydrogen-bond acceptors (Lipinski definition) is 3. The molecule has 5 heteroatoms. The summed E-state index contributed by atoms with van der Waals surface area (Å²) in [4.78, 5) is 12.0. The van der Waals surface area contributed by atoms with Crippen LogP contribution in [0.2, 0.25) is 5.02 Å². The van der Waals surface area contributed by atoms with Crippen LogP contribution in [-0.2, 0) is 9.53 Å². The van der Waals surface area contributed by atoms with Gasteiger partial charge in [0.2, 0.25) is 5.91 Å². The Morgan fingerprint density at radius 2 is 2.41 bits per heavy atom. The fraction of sp³-hybridized carbons (Fsp3) is 0.417. The Hall–Kier alpha value is -1.10. The predicted octanol–water partition coefficient (Wildman–Crippen LogP) is 1.58. The molecule has 0 bridgehead atoms. The molecule has 0 aliphatic carbocycles. The highest BCUT2D eigenvalue weighted by Crippen LogP contribution is 2.25. The van der Waals surface area contributed by atoms with E-state index in [2.05, 4.69) is 10.6 Å². The number of amides is 1. The first-order valence-electron chi connectivity index (χ1n) is 5.55. The van der Waals surface area contributed by atoms with Crippen LogP contribution in [0.4, 0.5) is 5.69 Å². The van der Waals surface area contributed by atoms with E-state index in [-0.39, 0.29) is 11.9 Å². The molecule has 1 aromatic rings. The number of rotatable bonds is 2. The maximum Gasteiger partial charge on any atom is 0.243 e. The monoisotopic (exact) mass is 254 g/mol. The zero-order chi connectivity index (χ0) is 12.3. The SMILES string of the molecule is Cc1cccc(Cl)c1NC(=O)C1COCCN1. The van der Waals surface area contributed by atoms with Gasteiger partial charge in [-0.1, -0.05) is 23.7 Å². The van der Waals surface area contributed by atoms with Gasteiger partial charge in [-0.3, -0.25) is 4.79 Å². The summed E-state index contributed by atoms with van der Waals surface area (Å²) in [6.45, 7) is 3.65. The third kappa shape index (κ3) is 2.97. The van der Waals surface area contributed by atoms with Gasteiger partial charge in [0.1, 0.15) is 6.04 Å². The Kier molecular flexibility index (Phi) is 3.99. The summed E-state index contributed by atoms with van der Waals surface area (Å²) >= 11 is 6.05. The number of morpholine rings is 1. The molecule has 0 spiro atoms. The standard InChI is InChI=1S/C12H15ClN2O2/c1-8-3-2-4-9(13)11(8)15-12(16)10-7-17-6-5-14-10/h2-4,10,14H,5-7H2,1H3,(H,15,16). The van der Waals surface area contributed by atoms with Crippen molar-refractivity contribution >= 4 is 23.2 Å². The van der Waals surface area contributed by atoms with E-state index in [4.69, 9.17) is 16.3 Å². The number of para-hydroxylation sites is 1. The highest BCUT2D eigenvalue weighted by molar-refractivity contribution is 6.34. The minimum absolute atomic E-state index is 0.110. The first kappa shape index (κ1) is 12.4. The molecular formula is C12H15ClN2O2. The maximum absolute atomic E-state index is 12.0. The van der Waals surface area contributed by atoms with Gasteiger partial charge in [-0.2, -0.15) is 0 Å². The van der Waals surface area contributed by atoms with Crippen LogP contribution in [-0.4, -0.2) is 31.7 Å². The van der Waals surface area contributed by atoms with E-state index in [9.17, 15) is 4.79 Å². The Morgan fingerprint density at radius 3 is 3.06 bits per heavy atom. The highest BCUT2D eigenvalue weighted by Gasteiger charge is 2.22. The fourth-order valence-electron chi connectivity index (χ4n) is 1.73. The quantitative estimate of drug-likeness (QED) is 0.843. The van der Waals surface area contributed by atoms with Crippen LogP contribution in [0.5, 0.6) is 0 Å². The van der Waals surface area contributed by atoms with Crippen molar-refractivity contribution in [2.24, 2.45) is 0 Å². The van der Waals surface area contributed by atoms with Crippen LogP contribution in [0.1, 0.15) is 5.56 Å². The Balaban J connectivity index is 2.07. The summed E-state index contributed by atoms with van der Waals surface area (Å²) in [5, 5.41) is 6.48. The summed E-state index contributed by atoms with van der Waals surface area (Å²) in [6.07, 6.45) is 0. The van der Waals surface area contributed by atoms with Crippen molar-refractivity contribution < 1.29 is 9.53 Å². The van der Waals surface area contributed by atoms with E-state index in [0.29, 0.717) is 30.5 Å². The van der Waals surface area contributed by atoms with Gasteiger partial charge in [0, 0.05) is 6.54 Å². The largest absolute Gasteiger partial charge is 0.378 e. The Bertz CT molecular complexity index is 397. The van der Waals surface area contributed by atoms with Crippen molar-refractivity contribution in [2.45, 2.75) is 13.0 Å². The van der Waals surface area contributed by atoms with Crippen LogP contribution in [0.3, 0.4) is 0 Å². The van der Waals surface area contributed by atoms with Crippen molar-refractivity contribution in [3.05, 3.63) is 28.8 Å².